The minimum absolute atomic E-state index is 0.0181. The van der Waals surface area contributed by atoms with Crippen LogP contribution < -0.4 is 10.3 Å². The van der Waals surface area contributed by atoms with Crippen LogP contribution in [0.5, 0.6) is 0 Å². The second-order valence-electron chi connectivity index (χ2n) is 7.18. The topological polar surface area (TPSA) is 57.6 Å². The number of hydrogen-bond acceptors (Lipinski definition) is 4. The molecule has 1 aromatic carbocycles. The third-order valence-corrected chi connectivity index (χ3v) is 4.87. The van der Waals surface area contributed by atoms with Crippen LogP contribution in [-0.2, 0) is 0 Å². The number of pyridine rings is 1. The van der Waals surface area contributed by atoms with E-state index in [1.54, 1.807) is 30.6 Å². The van der Waals surface area contributed by atoms with Gasteiger partial charge < -0.3 is 4.90 Å². The number of likely N-dealkylation sites (N-methyl/N-ethyl adjacent to an activating group) is 1. The van der Waals surface area contributed by atoms with E-state index in [1.807, 2.05) is 0 Å². The molecule has 0 aliphatic carbocycles. The molecule has 1 aliphatic heterocycles. The molecule has 3 rings (SSSR count). The Labute approximate surface area is 154 Å². The van der Waals surface area contributed by atoms with Crippen molar-refractivity contribution in [3.8, 4) is 0 Å². The first-order valence-corrected chi connectivity index (χ1v) is 8.62. The van der Waals surface area contributed by atoms with Gasteiger partial charge in [0, 0.05) is 24.5 Å². The van der Waals surface area contributed by atoms with Crippen LogP contribution in [-0.4, -0.2) is 29.7 Å². The molecule has 1 amide bonds. The summed E-state index contributed by atoms with van der Waals surface area (Å²) in [4.78, 5) is 18.3. The lowest BCUT2D eigenvalue weighted by Gasteiger charge is -2.41. The fourth-order valence-corrected chi connectivity index (χ4v) is 3.17. The normalized spacial score (nSPS) is 15.6. The van der Waals surface area contributed by atoms with E-state index < -0.39 is 0 Å². The van der Waals surface area contributed by atoms with Crippen molar-refractivity contribution in [3.05, 3.63) is 65.0 Å². The number of nitrogens with zero attached hydrogens (tertiary/aromatic N) is 3. The van der Waals surface area contributed by atoms with Crippen LogP contribution in [0.25, 0.3) is 5.57 Å². The van der Waals surface area contributed by atoms with Gasteiger partial charge in [0.1, 0.15) is 5.69 Å². The van der Waals surface area contributed by atoms with E-state index in [-0.39, 0.29) is 11.4 Å². The minimum atomic E-state index is -0.324. The van der Waals surface area contributed by atoms with Gasteiger partial charge in [-0.25, -0.2) is 5.43 Å². The van der Waals surface area contributed by atoms with E-state index in [0.717, 1.165) is 11.1 Å². The van der Waals surface area contributed by atoms with Gasteiger partial charge in [0.2, 0.25) is 0 Å². The molecule has 2 aromatic rings. The number of carbonyl (C=O) groups excluding carboxylic acids is 1. The highest BCUT2D eigenvalue weighted by atomic mass is 16.2. The molecule has 5 heteroatoms. The Kier molecular flexibility index (Phi) is 4.64. The minimum Gasteiger partial charge on any atom is -0.365 e. The first-order valence-electron chi connectivity index (χ1n) is 8.62. The number of hydrogen-bond donors (Lipinski definition) is 1. The maximum absolute atomic E-state index is 12.0. The van der Waals surface area contributed by atoms with Gasteiger partial charge >= 0.3 is 0 Å². The molecule has 0 unspecified atom stereocenters. The standard InChI is InChI=1S/C21H24N4O/c1-14-10-19-17(15(2)12-21(3,4)25(19)5)11-16(14)13-23-24-20(26)18-8-6-7-9-22-18/h6-13H,1-5H3,(H,24,26)/b23-13-. The first kappa shape index (κ1) is 17.9. The van der Waals surface area contributed by atoms with Crippen molar-refractivity contribution in [1.82, 2.24) is 10.4 Å². The molecule has 5 nitrogen and oxygen atoms in total. The summed E-state index contributed by atoms with van der Waals surface area (Å²) in [5.74, 6) is -0.324. The van der Waals surface area contributed by atoms with Crippen molar-refractivity contribution in [2.24, 2.45) is 5.10 Å². The number of aromatic nitrogens is 1. The smallest absolute Gasteiger partial charge is 0.289 e. The molecule has 0 saturated heterocycles. The molecule has 2 heterocycles. The molecule has 1 N–H and O–H groups in total. The number of benzene rings is 1. The lowest BCUT2D eigenvalue weighted by atomic mass is 9.87. The number of rotatable bonds is 3. The van der Waals surface area contributed by atoms with Crippen molar-refractivity contribution in [1.29, 1.82) is 0 Å². The number of fused-ring (bicyclic) bond motifs is 1. The highest BCUT2D eigenvalue weighted by Crippen LogP contribution is 2.38. The summed E-state index contributed by atoms with van der Waals surface area (Å²) in [5, 5.41) is 4.10. The number of aryl methyl sites for hydroxylation is 1. The molecule has 0 saturated carbocycles. The van der Waals surface area contributed by atoms with Gasteiger partial charge in [0.25, 0.3) is 5.91 Å². The molecule has 0 atom stereocenters. The maximum Gasteiger partial charge on any atom is 0.289 e. The number of allylic oxidation sites excluding steroid dienone is 1. The fraction of sp³-hybridized carbons (Fsp3) is 0.286. The molecular weight excluding hydrogens is 324 g/mol. The maximum atomic E-state index is 12.0. The zero-order chi connectivity index (χ0) is 18.9. The number of carbonyl (C=O) groups is 1. The predicted molar refractivity (Wildman–Crippen MR) is 107 cm³/mol. The molecule has 0 spiro atoms. The molecule has 0 radical (unpaired) electrons. The summed E-state index contributed by atoms with van der Waals surface area (Å²) >= 11 is 0. The molecule has 0 bridgehead atoms. The van der Waals surface area contributed by atoms with E-state index in [4.69, 9.17) is 0 Å². The van der Waals surface area contributed by atoms with Crippen LogP contribution in [0.15, 0.2) is 47.7 Å². The Hall–Kier alpha value is -2.95. The van der Waals surface area contributed by atoms with E-state index >= 15 is 0 Å². The molecule has 1 aromatic heterocycles. The van der Waals surface area contributed by atoms with Crippen LogP contribution in [0.3, 0.4) is 0 Å². The van der Waals surface area contributed by atoms with Crippen LogP contribution in [0.2, 0.25) is 0 Å². The van der Waals surface area contributed by atoms with Crippen LogP contribution in [0, 0.1) is 6.92 Å². The zero-order valence-electron chi connectivity index (χ0n) is 15.9. The Morgan fingerprint density at radius 1 is 1.27 bits per heavy atom. The summed E-state index contributed by atoms with van der Waals surface area (Å²) in [7, 11) is 2.11. The summed E-state index contributed by atoms with van der Waals surface area (Å²) in [6.45, 7) is 8.60. The molecule has 0 fully saturated rings. The Morgan fingerprint density at radius 2 is 2.04 bits per heavy atom. The predicted octanol–water partition coefficient (Wildman–Crippen LogP) is 3.79. The quantitative estimate of drug-likeness (QED) is 0.678. The zero-order valence-corrected chi connectivity index (χ0v) is 15.9. The summed E-state index contributed by atoms with van der Waals surface area (Å²) < 4.78 is 0. The average Bonchev–Trinajstić information content (AvgIpc) is 2.61. The number of nitrogens with one attached hydrogen (secondary N) is 1. The van der Waals surface area contributed by atoms with Crippen molar-refractivity contribution >= 4 is 23.4 Å². The van der Waals surface area contributed by atoms with Gasteiger partial charge in [0.05, 0.1) is 11.8 Å². The summed E-state index contributed by atoms with van der Waals surface area (Å²) in [6, 6.07) is 9.49. The Morgan fingerprint density at radius 3 is 2.73 bits per heavy atom. The number of hydrazone groups is 1. The second kappa shape index (κ2) is 6.75. The van der Waals surface area contributed by atoms with E-state index in [2.05, 4.69) is 73.4 Å². The van der Waals surface area contributed by atoms with Crippen LogP contribution >= 0.6 is 0 Å². The van der Waals surface area contributed by atoms with Gasteiger partial charge in [-0.05, 0) is 68.7 Å². The number of anilines is 1. The second-order valence-corrected chi connectivity index (χ2v) is 7.18. The van der Waals surface area contributed by atoms with Crippen molar-refractivity contribution < 1.29 is 4.79 Å². The third-order valence-electron chi connectivity index (χ3n) is 4.87. The molecule has 1 aliphatic rings. The highest BCUT2D eigenvalue weighted by molar-refractivity contribution is 5.94. The monoisotopic (exact) mass is 348 g/mol. The lowest BCUT2D eigenvalue weighted by molar-refractivity contribution is 0.0950. The Bertz CT molecular complexity index is 898. The molecular formula is C21H24N4O. The summed E-state index contributed by atoms with van der Waals surface area (Å²) in [5.41, 5.74) is 8.59. The number of amides is 1. The fourth-order valence-electron chi connectivity index (χ4n) is 3.17. The van der Waals surface area contributed by atoms with Crippen molar-refractivity contribution in [2.75, 3.05) is 11.9 Å². The molecule has 26 heavy (non-hydrogen) atoms. The first-order chi connectivity index (χ1) is 12.3. The van der Waals surface area contributed by atoms with Gasteiger partial charge in [-0.3, -0.25) is 9.78 Å². The largest absolute Gasteiger partial charge is 0.365 e. The van der Waals surface area contributed by atoms with Gasteiger partial charge in [-0.1, -0.05) is 12.1 Å². The van der Waals surface area contributed by atoms with Crippen molar-refractivity contribution in [3.63, 3.8) is 0 Å². The third kappa shape index (κ3) is 3.38. The summed E-state index contributed by atoms with van der Waals surface area (Å²) in [6.07, 6.45) is 5.54. The SMILES string of the molecule is CC1=CC(C)(C)N(C)c2cc(C)c(/C=N\NC(=O)c3ccccn3)cc21. The van der Waals surface area contributed by atoms with E-state index in [0.29, 0.717) is 5.69 Å². The van der Waals surface area contributed by atoms with Crippen LogP contribution in [0.4, 0.5) is 5.69 Å². The van der Waals surface area contributed by atoms with Gasteiger partial charge in [-0.2, -0.15) is 5.10 Å². The van der Waals surface area contributed by atoms with E-state index in [9.17, 15) is 4.79 Å². The highest BCUT2D eigenvalue weighted by Gasteiger charge is 2.28. The van der Waals surface area contributed by atoms with Gasteiger partial charge in [-0.15, -0.1) is 0 Å². The van der Waals surface area contributed by atoms with E-state index in [1.165, 1.54) is 16.8 Å². The van der Waals surface area contributed by atoms with Crippen LogP contribution in [0.1, 0.15) is 48.0 Å². The Balaban J connectivity index is 1.84. The van der Waals surface area contributed by atoms with Crippen molar-refractivity contribution in [2.45, 2.75) is 33.2 Å². The molecule has 134 valence electrons. The van der Waals surface area contributed by atoms with Gasteiger partial charge in [0.15, 0.2) is 0 Å². The average molecular weight is 348 g/mol. The lowest BCUT2D eigenvalue weighted by Crippen LogP contribution is -2.42.